The van der Waals surface area contributed by atoms with Crippen LogP contribution in [-0.4, -0.2) is 71.6 Å². The molecule has 8 fully saturated rings. The molecule has 0 spiro atoms. The van der Waals surface area contributed by atoms with Gasteiger partial charge in [-0.3, -0.25) is 4.79 Å². The summed E-state index contributed by atoms with van der Waals surface area (Å²) in [5, 5.41) is 8.19. The van der Waals surface area contributed by atoms with Gasteiger partial charge < -0.3 is 28.8 Å². The highest BCUT2D eigenvalue weighted by Gasteiger charge is 2.63. The van der Waals surface area contributed by atoms with E-state index in [1.165, 1.54) is 44.9 Å². The summed E-state index contributed by atoms with van der Waals surface area (Å²) >= 11 is 0. The SMILES string of the molecule is C=C(C)C(=O)OC1(C)CCCC1.C=C(C)C(=O)OC1(CC)C2CC3CC(C2)CC1C3.C=C(C)C(=O)OC1C2CC3C(=O)OC1C3C2.C=C(C)C(=O)OCCO. The Bertz CT molecular complexity index is 1490. The molecular formula is C44H64O11. The Kier molecular flexibility index (Phi) is 14.8. The van der Waals surface area contributed by atoms with Crippen LogP contribution >= 0.6 is 0 Å². The number of carbonyl (C=O) groups is 5. The predicted molar refractivity (Wildman–Crippen MR) is 206 cm³/mol. The van der Waals surface area contributed by atoms with Gasteiger partial charge in [0.15, 0.2) is 0 Å². The van der Waals surface area contributed by atoms with Gasteiger partial charge in [0.25, 0.3) is 0 Å². The van der Waals surface area contributed by atoms with Crippen LogP contribution in [0.2, 0.25) is 0 Å². The number of aliphatic hydroxyl groups is 1. The first-order valence-electron chi connectivity index (χ1n) is 20.1. The Labute approximate surface area is 327 Å². The normalized spacial score (nSPS) is 33.2. The monoisotopic (exact) mass is 768 g/mol. The molecule has 11 heteroatoms. The second-order valence-corrected chi connectivity index (χ2v) is 17.3. The van der Waals surface area contributed by atoms with E-state index >= 15 is 0 Å². The summed E-state index contributed by atoms with van der Waals surface area (Å²) in [6, 6.07) is 0. The van der Waals surface area contributed by atoms with Crippen molar-refractivity contribution in [1.82, 2.24) is 0 Å². The lowest BCUT2D eigenvalue weighted by atomic mass is 9.49. The molecule has 55 heavy (non-hydrogen) atoms. The van der Waals surface area contributed by atoms with Crippen LogP contribution < -0.4 is 0 Å². The van der Waals surface area contributed by atoms with E-state index in [0.717, 1.165) is 43.9 Å². The van der Waals surface area contributed by atoms with Crippen molar-refractivity contribution < 1.29 is 52.8 Å². The smallest absolute Gasteiger partial charge is 0.333 e. The van der Waals surface area contributed by atoms with E-state index in [0.29, 0.717) is 40.0 Å². The molecule has 306 valence electrons. The maximum Gasteiger partial charge on any atom is 0.333 e. The second-order valence-electron chi connectivity index (χ2n) is 17.3. The third-order valence-corrected chi connectivity index (χ3v) is 12.7. The van der Waals surface area contributed by atoms with Gasteiger partial charge in [0, 0.05) is 34.1 Å². The zero-order valence-corrected chi connectivity index (χ0v) is 34.0. The number of hydrogen-bond donors (Lipinski definition) is 1. The van der Waals surface area contributed by atoms with Gasteiger partial charge in [-0.1, -0.05) is 33.2 Å². The molecule has 5 atom stereocenters. The summed E-state index contributed by atoms with van der Waals surface area (Å²) in [6.07, 6.45) is 13.2. The van der Waals surface area contributed by atoms with E-state index in [-0.39, 0.29) is 72.3 Å². The molecule has 5 unspecified atom stereocenters. The van der Waals surface area contributed by atoms with Gasteiger partial charge in [-0.2, -0.15) is 0 Å². The summed E-state index contributed by atoms with van der Waals surface area (Å²) < 4.78 is 26.4. The van der Waals surface area contributed by atoms with Crippen LogP contribution in [0.4, 0.5) is 0 Å². The molecule has 1 N–H and O–H groups in total. The molecule has 1 aliphatic heterocycles. The average Bonchev–Trinajstić information content (AvgIpc) is 3.88. The fourth-order valence-corrected chi connectivity index (χ4v) is 10.1. The van der Waals surface area contributed by atoms with Crippen LogP contribution in [-0.2, 0) is 47.7 Å². The van der Waals surface area contributed by atoms with Gasteiger partial charge in [-0.15, -0.1) is 0 Å². The summed E-state index contributed by atoms with van der Waals surface area (Å²) in [4.78, 5) is 56.6. The average molecular weight is 769 g/mol. The van der Waals surface area contributed by atoms with E-state index in [1.54, 1.807) is 27.7 Å². The van der Waals surface area contributed by atoms with Crippen LogP contribution in [0.15, 0.2) is 48.6 Å². The number of aliphatic hydroxyl groups excluding tert-OH is 1. The van der Waals surface area contributed by atoms with E-state index in [1.807, 2.05) is 6.92 Å². The number of esters is 5. The Morgan fingerprint density at radius 2 is 1.25 bits per heavy atom. The summed E-state index contributed by atoms with van der Waals surface area (Å²) in [5.41, 5.74) is 1.39. The maximum absolute atomic E-state index is 12.0. The van der Waals surface area contributed by atoms with Gasteiger partial charge in [-0.25, -0.2) is 19.2 Å². The Morgan fingerprint density at radius 1 is 0.745 bits per heavy atom. The zero-order chi connectivity index (χ0) is 40.8. The summed E-state index contributed by atoms with van der Waals surface area (Å²) in [7, 11) is 0. The largest absolute Gasteiger partial charge is 0.460 e. The maximum atomic E-state index is 12.0. The highest BCUT2D eigenvalue weighted by atomic mass is 16.6. The minimum Gasteiger partial charge on any atom is -0.460 e. The van der Waals surface area contributed by atoms with Crippen molar-refractivity contribution in [3.05, 3.63) is 48.6 Å². The fraction of sp³-hybridized carbons (Fsp3) is 0.705. The number of carbonyl (C=O) groups excluding carboxylic acids is 5. The first-order chi connectivity index (χ1) is 25.8. The van der Waals surface area contributed by atoms with E-state index in [2.05, 4.69) is 38.0 Å². The number of fused-ring (bicyclic) bond motifs is 1. The number of hydrogen-bond acceptors (Lipinski definition) is 11. The van der Waals surface area contributed by atoms with Crippen molar-refractivity contribution in [2.75, 3.05) is 13.2 Å². The molecule has 11 nitrogen and oxygen atoms in total. The van der Waals surface area contributed by atoms with E-state index in [4.69, 9.17) is 24.1 Å². The summed E-state index contributed by atoms with van der Waals surface area (Å²) in [6.45, 7) is 24.9. The minimum absolute atomic E-state index is 0.0473. The molecule has 7 saturated carbocycles. The zero-order valence-electron chi connectivity index (χ0n) is 34.0. The third-order valence-electron chi connectivity index (χ3n) is 12.7. The summed E-state index contributed by atoms with van der Waals surface area (Å²) in [5.74, 6) is 2.33. The second kappa shape index (κ2) is 18.5. The molecule has 6 bridgehead atoms. The van der Waals surface area contributed by atoms with Gasteiger partial charge in [0.05, 0.1) is 12.5 Å². The first kappa shape index (κ1) is 44.0. The lowest BCUT2D eigenvalue weighted by Gasteiger charge is -2.60. The predicted octanol–water partition coefficient (Wildman–Crippen LogP) is 7.30. The van der Waals surface area contributed by atoms with Crippen molar-refractivity contribution in [2.24, 2.45) is 41.4 Å². The van der Waals surface area contributed by atoms with Crippen LogP contribution in [0.25, 0.3) is 0 Å². The van der Waals surface area contributed by atoms with Crippen LogP contribution in [0, 0.1) is 41.4 Å². The molecule has 0 aromatic rings. The lowest BCUT2D eigenvalue weighted by molar-refractivity contribution is -0.207. The van der Waals surface area contributed by atoms with E-state index in [9.17, 15) is 24.0 Å². The molecule has 1 heterocycles. The van der Waals surface area contributed by atoms with Crippen molar-refractivity contribution >= 4 is 29.8 Å². The van der Waals surface area contributed by atoms with Gasteiger partial charge >= 0.3 is 29.8 Å². The van der Waals surface area contributed by atoms with Crippen molar-refractivity contribution in [1.29, 1.82) is 0 Å². The third kappa shape index (κ3) is 10.4. The molecule has 7 aliphatic carbocycles. The Morgan fingerprint density at radius 3 is 1.73 bits per heavy atom. The van der Waals surface area contributed by atoms with Crippen molar-refractivity contribution in [3.63, 3.8) is 0 Å². The Hall–Kier alpha value is -3.73. The molecule has 0 amide bonds. The van der Waals surface area contributed by atoms with Crippen LogP contribution in [0.5, 0.6) is 0 Å². The Balaban J connectivity index is 0.000000169. The van der Waals surface area contributed by atoms with Crippen LogP contribution in [0.3, 0.4) is 0 Å². The van der Waals surface area contributed by atoms with Gasteiger partial charge in [0.1, 0.15) is 30.0 Å². The van der Waals surface area contributed by atoms with Crippen molar-refractivity contribution in [2.45, 2.75) is 142 Å². The molecule has 8 aliphatic rings. The highest BCUT2D eigenvalue weighted by molar-refractivity contribution is 5.88. The molecule has 0 radical (unpaired) electrons. The standard InChI is InChI=1S/C16H24O2.C12H14O4.C10H16O2.C6H10O3/c1-4-16(18-15(17)10(2)3)13-6-11-5-12(8-13)9-14(16)7-11;1-5(2)11(13)15-9-6-3-7-8(4-6)12(14)16-10(7)9;1-8(2)9(11)12-10(3)6-4-5-7-10;1-5(2)6(8)9-4-3-7/h11-14H,2,4-9H2,1,3H3;6-10H,1,3-4H2,2H3;1,4-7H2,2-3H3;7H,1,3-4H2,2H3. The van der Waals surface area contributed by atoms with Gasteiger partial charge in [0.2, 0.25) is 0 Å². The molecule has 8 rings (SSSR count). The van der Waals surface area contributed by atoms with Crippen LogP contribution in [0.1, 0.15) is 119 Å². The van der Waals surface area contributed by atoms with Crippen molar-refractivity contribution in [3.8, 4) is 0 Å². The van der Waals surface area contributed by atoms with Gasteiger partial charge in [-0.05, 0) is 135 Å². The number of rotatable bonds is 10. The minimum atomic E-state index is -0.455. The quantitative estimate of drug-likeness (QED) is 0.135. The number of ether oxygens (including phenoxy) is 5. The molecule has 0 aromatic carbocycles. The first-order valence-corrected chi connectivity index (χ1v) is 20.1. The molecule has 1 saturated heterocycles. The van der Waals surface area contributed by atoms with E-state index < -0.39 is 5.97 Å². The fourth-order valence-electron chi connectivity index (χ4n) is 10.1. The topological polar surface area (TPSA) is 152 Å². The molecular weight excluding hydrogens is 704 g/mol. The highest BCUT2D eigenvalue weighted by Crippen LogP contribution is 2.61. The lowest BCUT2D eigenvalue weighted by Crippen LogP contribution is -2.59. The molecule has 0 aromatic heterocycles.